The summed E-state index contributed by atoms with van der Waals surface area (Å²) in [6.45, 7) is 4.08. The maximum atomic E-state index is 12.8. The van der Waals surface area contributed by atoms with Crippen molar-refractivity contribution in [2.75, 3.05) is 13.1 Å². The van der Waals surface area contributed by atoms with Gasteiger partial charge in [-0.25, -0.2) is 4.79 Å². The molecule has 0 spiro atoms. The van der Waals surface area contributed by atoms with Gasteiger partial charge < -0.3 is 9.80 Å². The first-order valence-corrected chi connectivity index (χ1v) is 8.86. The number of nitrogens with zero attached hydrogens (tertiary/aromatic N) is 2. The lowest BCUT2D eigenvalue weighted by molar-refractivity contribution is 0.111. The summed E-state index contributed by atoms with van der Waals surface area (Å²) in [5, 5.41) is 0. The number of benzene rings is 1. The number of carbonyl (C=O) groups excluding carboxylic acids is 1. The second-order valence-corrected chi connectivity index (χ2v) is 7.35. The Balaban J connectivity index is 1.49. The molecule has 3 saturated heterocycles. The molecule has 3 aliphatic heterocycles. The van der Waals surface area contributed by atoms with Crippen LogP contribution in [-0.4, -0.2) is 41.0 Å². The summed E-state index contributed by atoms with van der Waals surface area (Å²) in [5.74, 6) is 0.640. The summed E-state index contributed by atoms with van der Waals surface area (Å²) < 4.78 is 0. The van der Waals surface area contributed by atoms with Gasteiger partial charge in [-0.2, -0.15) is 0 Å². The number of hydrogen-bond acceptors (Lipinski definition) is 1. The van der Waals surface area contributed by atoms with Crippen molar-refractivity contribution in [3.8, 4) is 0 Å². The minimum Gasteiger partial charge on any atom is -0.325 e. The normalized spacial score (nSPS) is 30.9. The van der Waals surface area contributed by atoms with Crippen LogP contribution in [0.5, 0.6) is 0 Å². The predicted molar refractivity (Wildman–Crippen MR) is 88.0 cm³/mol. The minimum absolute atomic E-state index is 0.326. The average molecular weight is 298 g/mol. The van der Waals surface area contributed by atoms with E-state index in [1.165, 1.54) is 36.8 Å². The topological polar surface area (TPSA) is 23.6 Å². The fourth-order valence-corrected chi connectivity index (χ4v) is 4.67. The van der Waals surface area contributed by atoms with Crippen LogP contribution in [0.3, 0.4) is 0 Å². The summed E-state index contributed by atoms with van der Waals surface area (Å²) in [7, 11) is 0. The Bertz CT molecular complexity index is 533. The zero-order valence-electron chi connectivity index (χ0n) is 13.5. The van der Waals surface area contributed by atoms with Gasteiger partial charge >= 0.3 is 6.03 Å². The van der Waals surface area contributed by atoms with E-state index in [-0.39, 0.29) is 0 Å². The van der Waals surface area contributed by atoms with Crippen molar-refractivity contribution in [2.45, 2.75) is 63.5 Å². The molecule has 1 aromatic carbocycles. The first-order chi connectivity index (χ1) is 10.7. The fraction of sp³-hybridized carbons (Fsp3) is 0.632. The second kappa shape index (κ2) is 5.60. The van der Waals surface area contributed by atoms with E-state index in [4.69, 9.17) is 0 Å². The van der Waals surface area contributed by atoms with E-state index < -0.39 is 0 Å². The van der Waals surface area contributed by atoms with Gasteiger partial charge in [-0.05, 0) is 56.9 Å². The molecular formula is C19H26N2O. The Hall–Kier alpha value is -1.51. The van der Waals surface area contributed by atoms with Gasteiger partial charge in [-0.3, -0.25) is 0 Å². The first kappa shape index (κ1) is 14.1. The third-order valence-corrected chi connectivity index (χ3v) is 5.88. The van der Waals surface area contributed by atoms with Crippen molar-refractivity contribution >= 4 is 6.03 Å². The van der Waals surface area contributed by atoms with Crippen molar-refractivity contribution < 1.29 is 4.79 Å². The van der Waals surface area contributed by atoms with Crippen molar-refractivity contribution in [2.24, 2.45) is 0 Å². The molecule has 3 heteroatoms. The van der Waals surface area contributed by atoms with Gasteiger partial charge in [0.2, 0.25) is 0 Å². The summed E-state index contributed by atoms with van der Waals surface area (Å²) in [5.41, 5.74) is 2.80. The molecule has 0 saturated carbocycles. The highest BCUT2D eigenvalue weighted by Gasteiger charge is 2.44. The summed E-state index contributed by atoms with van der Waals surface area (Å²) in [6, 6.07) is 10.3. The molecule has 1 unspecified atom stereocenters. The van der Waals surface area contributed by atoms with Crippen LogP contribution in [-0.2, 0) is 0 Å². The van der Waals surface area contributed by atoms with Crippen molar-refractivity contribution in [3.05, 3.63) is 35.4 Å². The Labute approximate surface area is 133 Å². The van der Waals surface area contributed by atoms with Crippen LogP contribution in [0.2, 0.25) is 0 Å². The lowest BCUT2D eigenvalue weighted by atomic mass is 9.85. The molecule has 4 rings (SSSR count). The van der Waals surface area contributed by atoms with Crippen LogP contribution in [0.1, 0.15) is 55.6 Å². The quantitative estimate of drug-likeness (QED) is 0.771. The smallest absolute Gasteiger partial charge is 0.320 e. The second-order valence-electron chi connectivity index (χ2n) is 7.35. The van der Waals surface area contributed by atoms with Crippen molar-refractivity contribution in [3.63, 3.8) is 0 Å². The zero-order chi connectivity index (χ0) is 15.1. The molecule has 0 aliphatic carbocycles. The maximum Gasteiger partial charge on any atom is 0.320 e. The highest BCUT2D eigenvalue weighted by Crippen LogP contribution is 2.43. The van der Waals surface area contributed by atoms with Crippen LogP contribution < -0.4 is 0 Å². The third-order valence-electron chi connectivity index (χ3n) is 5.88. The van der Waals surface area contributed by atoms with E-state index in [1.807, 2.05) is 0 Å². The molecule has 3 atom stereocenters. The number of rotatable bonds is 1. The number of fused-ring (bicyclic) bond motifs is 2. The largest absolute Gasteiger partial charge is 0.325 e. The van der Waals surface area contributed by atoms with Crippen LogP contribution in [0.4, 0.5) is 4.79 Å². The van der Waals surface area contributed by atoms with Gasteiger partial charge in [-0.1, -0.05) is 29.8 Å². The molecular weight excluding hydrogens is 272 g/mol. The lowest BCUT2D eigenvalue weighted by Gasteiger charge is -2.41. The van der Waals surface area contributed by atoms with Gasteiger partial charge in [0, 0.05) is 25.2 Å². The van der Waals surface area contributed by atoms with Crippen LogP contribution >= 0.6 is 0 Å². The van der Waals surface area contributed by atoms with Crippen molar-refractivity contribution in [1.82, 2.24) is 9.80 Å². The van der Waals surface area contributed by atoms with Crippen LogP contribution in [0, 0.1) is 6.92 Å². The summed E-state index contributed by atoms with van der Waals surface area (Å²) in [4.78, 5) is 17.1. The van der Waals surface area contributed by atoms with Gasteiger partial charge in [0.15, 0.2) is 0 Å². The van der Waals surface area contributed by atoms with Gasteiger partial charge in [0.1, 0.15) is 0 Å². The standard InChI is InChI=1S/C19H26N2O/c1-14-4-6-15(7-5-14)16-12-17-8-9-18(13-16)21(17)19(22)20-10-2-3-11-20/h4-7,16-18H,2-3,8-13H2,1H3/t16?,17-,18+. The number of aryl methyl sites for hydroxylation is 1. The highest BCUT2D eigenvalue weighted by atomic mass is 16.2. The molecule has 3 nitrogen and oxygen atoms in total. The molecule has 3 aliphatic rings. The number of urea groups is 1. The minimum atomic E-state index is 0.326. The Morgan fingerprint density at radius 3 is 2.18 bits per heavy atom. The molecule has 22 heavy (non-hydrogen) atoms. The molecule has 0 N–H and O–H groups in total. The van der Waals surface area contributed by atoms with E-state index >= 15 is 0 Å². The summed E-state index contributed by atoms with van der Waals surface area (Å²) >= 11 is 0. The van der Waals surface area contributed by atoms with E-state index in [0.29, 0.717) is 24.0 Å². The highest BCUT2D eigenvalue weighted by molar-refractivity contribution is 5.76. The fourth-order valence-electron chi connectivity index (χ4n) is 4.67. The molecule has 2 bridgehead atoms. The Morgan fingerprint density at radius 2 is 1.59 bits per heavy atom. The maximum absolute atomic E-state index is 12.8. The predicted octanol–water partition coefficient (Wildman–Crippen LogP) is 3.92. The number of piperidine rings is 1. The number of carbonyl (C=O) groups is 1. The van der Waals surface area contributed by atoms with E-state index in [1.54, 1.807) is 0 Å². The molecule has 118 valence electrons. The van der Waals surface area contributed by atoms with E-state index in [9.17, 15) is 4.79 Å². The Morgan fingerprint density at radius 1 is 1.00 bits per heavy atom. The number of hydrogen-bond donors (Lipinski definition) is 0. The van der Waals surface area contributed by atoms with Crippen LogP contribution in [0.15, 0.2) is 24.3 Å². The third kappa shape index (κ3) is 2.41. The molecule has 1 aromatic rings. The van der Waals surface area contributed by atoms with E-state index in [2.05, 4.69) is 41.0 Å². The van der Waals surface area contributed by atoms with E-state index in [0.717, 1.165) is 25.9 Å². The van der Waals surface area contributed by atoms with Gasteiger partial charge in [0.05, 0.1) is 0 Å². The zero-order valence-corrected chi connectivity index (χ0v) is 13.5. The summed E-state index contributed by atoms with van der Waals surface area (Å²) in [6.07, 6.45) is 7.07. The Kier molecular flexibility index (Phi) is 3.59. The molecule has 0 radical (unpaired) electrons. The van der Waals surface area contributed by atoms with Crippen molar-refractivity contribution in [1.29, 1.82) is 0 Å². The first-order valence-electron chi connectivity index (χ1n) is 8.86. The molecule has 0 aromatic heterocycles. The monoisotopic (exact) mass is 298 g/mol. The number of likely N-dealkylation sites (tertiary alicyclic amines) is 1. The average Bonchev–Trinajstić information content (AvgIpc) is 3.14. The SMILES string of the molecule is Cc1ccc(C2C[C@H]3CC[C@@H](C2)N3C(=O)N2CCCC2)cc1. The van der Waals surface area contributed by atoms with Crippen LogP contribution in [0.25, 0.3) is 0 Å². The van der Waals surface area contributed by atoms with Gasteiger partial charge in [-0.15, -0.1) is 0 Å². The molecule has 2 amide bonds. The molecule has 3 heterocycles. The van der Waals surface area contributed by atoms with Gasteiger partial charge in [0.25, 0.3) is 0 Å². The molecule has 3 fully saturated rings. The lowest BCUT2D eigenvalue weighted by Crippen LogP contribution is -2.51. The number of amides is 2.